The van der Waals surface area contributed by atoms with E-state index in [0.717, 1.165) is 43.2 Å². The number of guanidine groups is 1. The number of piperidine rings is 1. The predicted molar refractivity (Wildman–Crippen MR) is 120 cm³/mol. The van der Waals surface area contributed by atoms with Crippen molar-refractivity contribution in [2.45, 2.75) is 39.2 Å². The number of para-hydroxylation sites is 2. The molecule has 2 aliphatic rings. The Bertz CT molecular complexity index is 777. The van der Waals surface area contributed by atoms with Gasteiger partial charge < -0.3 is 29.9 Å². The van der Waals surface area contributed by atoms with Gasteiger partial charge in [0, 0.05) is 38.8 Å². The number of nitrogens with one attached hydrogen (secondary N) is 2. The fourth-order valence-corrected chi connectivity index (χ4v) is 3.75. The Morgan fingerprint density at radius 1 is 1.26 bits per heavy atom. The zero-order valence-corrected chi connectivity index (χ0v) is 18.4. The monoisotopic (exact) mass is 431 g/mol. The molecule has 31 heavy (non-hydrogen) atoms. The van der Waals surface area contributed by atoms with Crippen LogP contribution in [0.4, 0.5) is 10.5 Å². The van der Waals surface area contributed by atoms with Crippen molar-refractivity contribution in [3.8, 4) is 5.75 Å². The third kappa shape index (κ3) is 6.26. The minimum Gasteiger partial charge on any atom is -0.482 e. The highest BCUT2D eigenvalue weighted by Crippen LogP contribution is 2.31. The van der Waals surface area contributed by atoms with Crippen molar-refractivity contribution in [3.05, 3.63) is 24.3 Å². The lowest BCUT2D eigenvalue weighted by Gasteiger charge is -2.32. The highest BCUT2D eigenvalue weighted by atomic mass is 16.6. The molecule has 2 aliphatic heterocycles. The quantitative estimate of drug-likeness (QED) is 0.389. The standard InChI is InChI=1S/C22H33N5O4/c1-3-23-21(25-17-10-14-26(15-11-17)22(29)30-4-2)24-12-7-13-27-18-8-5-6-9-19(18)31-16-20(27)28/h5-6,8-9,17H,3-4,7,10-16H2,1-2H3,(H2,23,24,25). The Balaban J connectivity index is 1.47. The van der Waals surface area contributed by atoms with Crippen LogP contribution in [0.5, 0.6) is 5.75 Å². The number of hydrogen-bond donors (Lipinski definition) is 2. The molecule has 1 aromatic rings. The third-order valence-electron chi connectivity index (χ3n) is 5.32. The summed E-state index contributed by atoms with van der Waals surface area (Å²) in [5.41, 5.74) is 0.820. The number of aliphatic imine (C=N–C) groups is 1. The van der Waals surface area contributed by atoms with Gasteiger partial charge in [0.05, 0.1) is 12.3 Å². The lowest BCUT2D eigenvalue weighted by molar-refractivity contribution is -0.121. The Hall–Kier alpha value is -2.97. The number of nitrogens with zero attached hydrogens (tertiary/aromatic N) is 3. The van der Waals surface area contributed by atoms with E-state index in [1.54, 1.807) is 9.80 Å². The molecular formula is C22H33N5O4. The molecule has 0 atom stereocenters. The first-order valence-corrected chi connectivity index (χ1v) is 11.1. The molecule has 0 aliphatic carbocycles. The molecule has 1 aromatic carbocycles. The molecule has 1 saturated heterocycles. The molecule has 170 valence electrons. The summed E-state index contributed by atoms with van der Waals surface area (Å²) in [5.74, 6) is 1.49. The van der Waals surface area contributed by atoms with Gasteiger partial charge in [-0.15, -0.1) is 0 Å². The average molecular weight is 432 g/mol. The summed E-state index contributed by atoms with van der Waals surface area (Å²) >= 11 is 0. The molecule has 0 bridgehead atoms. The van der Waals surface area contributed by atoms with Gasteiger partial charge in [-0.2, -0.15) is 0 Å². The van der Waals surface area contributed by atoms with E-state index in [-0.39, 0.29) is 24.6 Å². The van der Waals surface area contributed by atoms with Crippen LogP contribution in [0.2, 0.25) is 0 Å². The fraction of sp³-hybridized carbons (Fsp3) is 0.591. The molecule has 2 heterocycles. The summed E-state index contributed by atoms with van der Waals surface area (Å²) in [6, 6.07) is 7.86. The van der Waals surface area contributed by atoms with Crippen LogP contribution in [0.25, 0.3) is 0 Å². The van der Waals surface area contributed by atoms with Crippen LogP contribution in [0, 0.1) is 0 Å². The third-order valence-corrected chi connectivity index (χ3v) is 5.32. The normalized spacial score (nSPS) is 17.1. The molecule has 1 fully saturated rings. The SMILES string of the molecule is CCNC(=NCCCN1C(=O)COc2ccccc21)NC1CCN(C(=O)OCC)CC1. The van der Waals surface area contributed by atoms with Crippen LogP contribution in [0.15, 0.2) is 29.3 Å². The number of rotatable bonds is 7. The van der Waals surface area contributed by atoms with Gasteiger partial charge >= 0.3 is 6.09 Å². The zero-order valence-electron chi connectivity index (χ0n) is 18.4. The Labute approximate surface area is 183 Å². The summed E-state index contributed by atoms with van der Waals surface area (Å²) in [7, 11) is 0. The number of benzene rings is 1. The molecule has 0 spiro atoms. The van der Waals surface area contributed by atoms with Crippen LogP contribution in [0.1, 0.15) is 33.1 Å². The van der Waals surface area contributed by atoms with Crippen molar-refractivity contribution in [2.24, 2.45) is 4.99 Å². The minimum atomic E-state index is -0.235. The molecule has 3 rings (SSSR count). The van der Waals surface area contributed by atoms with Gasteiger partial charge in [0.1, 0.15) is 5.75 Å². The smallest absolute Gasteiger partial charge is 0.409 e. The molecule has 0 saturated carbocycles. The molecule has 0 unspecified atom stereocenters. The highest BCUT2D eigenvalue weighted by Gasteiger charge is 2.25. The van der Waals surface area contributed by atoms with Gasteiger partial charge in [-0.1, -0.05) is 12.1 Å². The number of fused-ring (bicyclic) bond motifs is 1. The number of carbonyl (C=O) groups excluding carboxylic acids is 2. The van der Waals surface area contributed by atoms with E-state index in [1.807, 2.05) is 38.1 Å². The van der Waals surface area contributed by atoms with Crippen molar-refractivity contribution in [1.29, 1.82) is 0 Å². The largest absolute Gasteiger partial charge is 0.482 e. The van der Waals surface area contributed by atoms with Crippen molar-refractivity contribution < 1.29 is 19.1 Å². The summed E-state index contributed by atoms with van der Waals surface area (Å²) in [6.45, 7) is 7.64. The van der Waals surface area contributed by atoms with Gasteiger partial charge in [0.2, 0.25) is 0 Å². The Morgan fingerprint density at radius 2 is 2.03 bits per heavy atom. The van der Waals surface area contributed by atoms with Gasteiger partial charge in [0.25, 0.3) is 5.91 Å². The summed E-state index contributed by atoms with van der Waals surface area (Å²) < 4.78 is 10.6. The molecule has 2 N–H and O–H groups in total. The van der Waals surface area contributed by atoms with Crippen molar-refractivity contribution in [3.63, 3.8) is 0 Å². The van der Waals surface area contributed by atoms with E-state index in [4.69, 9.17) is 9.47 Å². The van der Waals surface area contributed by atoms with E-state index in [2.05, 4.69) is 15.6 Å². The lowest BCUT2D eigenvalue weighted by Crippen LogP contribution is -2.50. The van der Waals surface area contributed by atoms with E-state index in [9.17, 15) is 9.59 Å². The second-order valence-electron chi connectivity index (χ2n) is 7.52. The topological polar surface area (TPSA) is 95.5 Å². The molecule has 2 amide bonds. The number of amides is 2. The maximum absolute atomic E-state index is 12.3. The van der Waals surface area contributed by atoms with Crippen molar-refractivity contribution >= 4 is 23.6 Å². The van der Waals surface area contributed by atoms with Crippen LogP contribution in [0.3, 0.4) is 0 Å². The van der Waals surface area contributed by atoms with E-state index in [1.165, 1.54) is 0 Å². The highest BCUT2D eigenvalue weighted by molar-refractivity contribution is 5.97. The molecule has 9 nitrogen and oxygen atoms in total. The number of hydrogen-bond acceptors (Lipinski definition) is 5. The van der Waals surface area contributed by atoms with Gasteiger partial charge in [0.15, 0.2) is 12.6 Å². The zero-order chi connectivity index (χ0) is 22.1. The number of ether oxygens (including phenoxy) is 2. The van der Waals surface area contributed by atoms with E-state index >= 15 is 0 Å². The molecule has 0 radical (unpaired) electrons. The summed E-state index contributed by atoms with van der Waals surface area (Å²) in [5, 5.41) is 6.75. The minimum absolute atomic E-state index is 0.0268. The second kappa shape index (κ2) is 11.4. The first kappa shape index (κ1) is 22.7. The molecule has 0 aromatic heterocycles. The van der Waals surface area contributed by atoms with Gasteiger partial charge in [-0.05, 0) is 45.2 Å². The van der Waals surface area contributed by atoms with Crippen LogP contribution < -0.4 is 20.3 Å². The first-order valence-electron chi connectivity index (χ1n) is 11.1. The number of anilines is 1. The van der Waals surface area contributed by atoms with Crippen molar-refractivity contribution in [2.75, 3.05) is 50.8 Å². The van der Waals surface area contributed by atoms with E-state index < -0.39 is 0 Å². The van der Waals surface area contributed by atoms with Crippen LogP contribution in [-0.4, -0.2) is 74.8 Å². The second-order valence-corrected chi connectivity index (χ2v) is 7.52. The Morgan fingerprint density at radius 3 is 2.77 bits per heavy atom. The summed E-state index contributed by atoms with van der Waals surface area (Å²) in [6.07, 6.45) is 2.21. The predicted octanol–water partition coefficient (Wildman–Crippen LogP) is 1.98. The maximum Gasteiger partial charge on any atom is 0.409 e. The maximum atomic E-state index is 12.3. The fourth-order valence-electron chi connectivity index (χ4n) is 3.75. The number of likely N-dealkylation sites (tertiary alicyclic amines) is 1. The van der Waals surface area contributed by atoms with Gasteiger partial charge in [-0.3, -0.25) is 9.79 Å². The molecular weight excluding hydrogens is 398 g/mol. The Kier molecular flexibility index (Phi) is 8.37. The van der Waals surface area contributed by atoms with Gasteiger partial charge in [-0.25, -0.2) is 4.79 Å². The van der Waals surface area contributed by atoms with E-state index in [0.29, 0.717) is 32.8 Å². The number of carbonyl (C=O) groups is 2. The van der Waals surface area contributed by atoms with Crippen LogP contribution >= 0.6 is 0 Å². The van der Waals surface area contributed by atoms with Crippen molar-refractivity contribution in [1.82, 2.24) is 15.5 Å². The molecule has 9 heteroatoms. The first-order chi connectivity index (χ1) is 15.1. The average Bonchev–Trinajstić information content (AvgIpc) is 2.78. The lowest BCUT2D eigenvalue weighted by atomic mass is 10.1. The summed E-state index contributed by atoms with van der Waals surface area (Å²) in [4.78, 5) is 32.3. The van der Waals surface area contributed by atoms with Crippen LogP contribution in [-0.2, 0) is 9.53 Å².